The minimum atomic E-state index is 0.233. The molecular formula is C7H16O2. The topological polar surface area (TPSA) is 29.5 Å². The Bertz CT molecular complexity index is 54.9. The first-order valence-corrected chi connectivity index (χ1v) is 3.53. The zero-order chi connectivity index (χ0) is 7.11. The highest BCUT2D eigenvalue weighted by atomic mass is 16.5. The van der Waals surface area contributed by atoms with Crippen LogP contribution in [-0.2, 0) is 4.74 Å². The third-order valence-electron chi connectivity index (χ3n) is 1.28. The van der Waals surface area contributed by atoms with Crippen molar-refractivity contribution in [1.82, 2.24) is 0 Å². The molecule has 9 heavy (non-hydrogen) atoms. The molecule has 0 aliphatic carbocycles. The van der Waals surface area contributed by atoms with Gasteiger partial charge >= 0.3 is 0 Å². The fourth-order valence-corrected chi connectivity index (χ4v) is 0.467. The number of ether oxygens (including phenoxy) is 1. The van der Waals surface area contributed by atoms with E-state index in [0.29, 0.717) is 12.7 Å². The summed E-state index contributed by atoms with van der Waals surface area (Å²) in [6.45, 7) is 5.04. The molecule has 0 heterocycles. The van der Waals surface area contributed by atoms with Gasteiger partial charge in [0.25, 0.3) is 0 Å². The van der Waals surface area contributed by atoms with Crippen molar-refractivity contribution in [3.63, 3.8) is 0 Å². The molecule has 0 saturated heterocycles. The van der Waals surface area contributed by atoms with Crippen molar-refractivity contribution in [3.8, 4) is 0 Å². The Morgan fingerprint density at radius 2 is 2.22 bits per heavy atom. The molecule has 2 heteroatoms. The Morgan fingerprint density at radius 3 is 2.67 bits per heavy atom. The average molecular weight is 132 g/mol. The van der Waals surface area contributed by atoms with Crippen molar-refractivity contribution < 1.29 is 9.84 Å². The van der Waals surface area contributed by atoms with Crippen molar-refractivity contribution >= 4 is 0 Å². The van der Waals surface area contributed by atoms with Crippen LogP contribution in [0.1, 0.15) is 26.7 Å². The van der Waals surface area contributed by atoms with Gasteiger partial charge in [-0.3, -0.25) is 0 Å². The van der Waals surface area contributed by atoms with Gasteiger partial charge in [-0.2, -0.15) is 0 Å². The van der Waals surface area contributed by atoms with Crippen molar-refractivity contribution in [2.24, 2.45) is 0 Å². The second kappa shape index (κ2) is 6.05. The Morgan fingerprint density at radius 1 is 1.56 bits per heavy atom. The summed E-state index contributed by atoms with van der Waals surface area (Å²) in [4.78, 5) is 0. The quantitative estimate of drug-likeness (QED) is 0.569. The van der Waals surface area contributed by atoms with Crippen LogP contribution >= 0.6 is 0 Å². The maximum Gasteiger partial charge on any atom is 0.0544 e. The lowest BCUT2D eigenvalue weighted by Crippen LogP contribution is -2.08. The molecule has 0 saturated carbocycles. The molecule has 1 atom stereocenters. The van der Waals surface area contributed by atoms with Crippen LogP contribution in [0.2, 0.25) is 0 Å². The van der Waals surface area contributed by atoms with Crippen LogP contribution in [0.4, 0.5) is 0 Å². The summed E-state index contributed by atoms with van der Waals surface area (Å²) in [5.41, 5.74) is 0. The third kappa shape index (κ3) is 5.80. The summed E-state index contributed by atoms with van der Waals surface area (Å²) >= 11 is 0. The molecule has 0 aromatic rings. The molecule has 0 radical (unpaired) electrons. The lowest BCUT2D eigenvalue weighted by Gasteiger charge is -2.08. The molecule has 0 amide bonds. The van der Waals surface area contributed by atoms with Crippen LogP contribution in [0.25, 0.3) is 0 Å². The molecule has 0 aliphatic rings. The van der Waals surface area contributed by atoms with E-state index in [-0.39, 0.29) is 6.61 Å². The highest BCUT2D eigenvalue weighted by Crippen LogP contribution is 1.95. The second-order valence-corrected chi connectivity index (χ2v) is 2.17. The Balaban J connectivity index is 2.88. The van der Waals surface area contributed by atoms with E-state index in [2.05, 4.69) is 6.92 Å². The average Bonchev–Trinajstić information content (AvgIpc) is 1.89. The maximum absolute atomic E-state index is 8.37. The molecule has 0 fully saturated rings. The van der Waals surface area contributed by atoms with Gasteiger partial charge in [0.2, 0.25) is 0 Å². The number of rotatable bonds is 5. The summed E-state index contributed by atoms with van der Waals surface area (Å²) in [5.74, 6) is 0. The maximum atomic E-state index is 8.37. The van der Waals surface area contributed by atoms with Gasteiger partial charge in [0.1, 0.15) is 0 Å². The molecule has 56 valence electrons. The largest absolute Gasteiger partial charge is 0.396 e. The number of hydrogen-bond acceptors (Lipinski definition) is 2. The van der Waals surface area contributed by atoms with Crippen LogP contribution in [0.5, 0.6) is 0 Å². The molecule has 2 nitrogen and oxygen atoms in total. The van der Waals surface area contributed by atoms with E-state index in [9.17, 15) is 0 Å². The minimum Gasteiger partial charge on any atom is -0.396 e. The second-order valence-electron chi connectivity index (χ2n) is 2.17. The van der Waals surface area contributed by atoms with E-state index in [0.717, 1.165) is 12.8 Å². The zero-order valence-corrected chi connectivity index (χ0v) is 6.26. The van der Waals surface area contributed by atoms with E-state index in [1.807, 2.05) is 6.92 Å². The van der Waals surface area contributed by atoms with E-state index in [1.165, 1.54) is 0 Å². The summed E-state index contributed by atoms with van der Waals surface area (Å²) in [6, 6.07) is 0. The first-order chi connectivity index (χ1) is 4.31. The SMILES string of the molecule is CC[C@@H](C)OCCCO. The molecule has 0 unspecified atom stereocenters. The summed E-state index contributed by atoms with van der Waals surface area (Å²) in [5, 5.41) is 8.37. The van der Waals surface area contributed by atoms with Gasteiger partial charge in [0.05, 0.1) is 6.10 Å². The van der Waals surface area contributed by atoms with E-state index < -0.39 is 0 Å². The Kier molecular flexibility index (Phi) is 5.99. The fraction of sp³-hybridized carbons (Fsp3) is 1.00. The predicted octanol–water partition coefficient (Wildman–Crippen LogP) is 1.18. The van der Waals surface area contributed by atoms with E-state index >= 15 is 0 Å². The van der Waals surface area contributed by atoms with Gasteiger partial charge < -0.3 is 9.84 Å². The van der Waals surface area contributed by atoms with Gasteiger partial charge in [0.15, 0.2) is 0 Å². The van der Waals surface area contributed by atoms with E-state index in [4.69, 9.17) is 9.84 Å². The normalized spacial score (nSPS) is 13.7. The van der Waals surface area contributed by atoms with Crippen molar-refractivity contribution in [1.29, 1.82) is 0 Å². The lowest BCUT2D eigenvalue weighted by atomic mass is 10.3. The van der Waals surface area contributed by atoms with Crippen molar-refractivity contribution in [2.45, 2.75) is 32.8 Å². The molecule has 0 spiro atoms. The first-order valence-electron chi connectivity index (χ1n) is 3.53. The van der Waals surface area contributed by atoms with Gasteiger partial charge in [-0.05, 0) is 19.8 Å². The standard InChI is InChI=1S/C7H16O2/c1-3-7(2)9-6-4-5-8/h7-8H,3-6H2,1-2H3/t7-/m1/s1. The number of hydrogen-bond donors (Lipinski definition) is 1. The molecule has 0 aliphatic heterocycles. The Hall–Kier alpha value is -0.0800. The molecule has 0 rings (SSSR count). The van der Waals surface area contributed by atoms with Crippen LogP contribution < -0.4 is 0 Å². The third-order valence-corrected chi connectivity index (χ3v) is 1.28. The fourth-order valence-electron chi connectivity index (χ4n) is 0.467. The first kappa shape index (κ1) is 8.92. The smallest absolute Gasteiger partial charge is 0.0544 e. The van der Waals surface area contributed by atoms with Gasteiger partial charge in [-0.15, -0.1) is 0 Å². The molecule has 0 aromatic carbocycles. The van der Waals surface area contributed by atoms with Crippen LogP contribution in [0.3, 0.4) is 0 Å². The zero-order valence-electron chi connectivity index (χ0n) is 6.26. The summed E-state index contributed by atoms with van der Waals surface area (Å²) in [7, 11) is 0. The van der Waals surface area contributed by atoms with Gasteiger partial charge in [-0.1, -0.05) is 6.92 Å². The van der Waals surface area contributed by atoms with Gasteiger partial charge in [0, 0.05) is 13.2 Å². The predicted molar refractivity (Wildman–Crippen MR) is 37.4 cm³/mol. The molecule has 0 aromatic heterocycles. The van der Waals surface area contributed by atoms with Crippen LogP contribution in [0.15, 0.2) is 0 Å². The summed E-state index contributed by atoms with van der Waals surface area (Å²) < 4.78 is 5.27. The molecule has 0 bridgehead atoms. The molecular weight excluding hydrogens is 116 g/mol. The number of aliphatic hydroxyl groups is 1. The monoisotopic (exact) mass is 132 g/mol. The van der Waals surface area contributed by atoms with E-state index in [1.54, 1.807) is 0 Å². The summed E-state index contributed by atoms with van der Waals surface area (Å²) in [6.07, 6.45) is 2.15. The number of aliphatic hydroxyl groups excluding tert-OH is 1. The van der Waals surface area contributed by atoms with Gasteiger partial charge in [-0.25, -0.2) is 0 Å². The minimum absolute atomic E-state index is 0.233. The van der Waals surface area contributed by atoms with Crippen LogP contribution in [-0.4, -0.2) is 24.4 Å². The van der Waals surface area contributed by atoms with Crippen molar-refractivity contribution in [2.75, 3.05) is 13.2 Å². The lowest BCUT2D eigenvalue weighted by molar-refractivity contribution is 0.0537. The van der Waals surface area contributed by atoms with Crippen molar-refractivity contribution in [3.05, 3.63) is 0 Å². The molecule has 1 N–H and O–H groups in total. The highest BCUT2D eigenvalue weighted by molar-refractivity contribution is 4.43. The Labute approximate surface area is 56.8 Å². The van der Waals surface area contributed by atoms with Crippen LogP contribution in [0, 0.1) is 0 Å². The highest BCUT2D eigenvalue weighted by Gasteiger charge is 1.95.